The van der Waals surface area contributed by atoms with Crippen LogP contribution < -0.4 is 10.9 Å². The summed E-state index contributed by atoms with van der Waals surface area (Å²) < 4.78 is 28.9. The maximum absolute atomic E-state index is 13.8. The zero-order chi connectivity index (χ0) is 22.1. The fourth-order valence-electron chi connectivity index (χ4n) is 3.20. The minimum absolute atomic E-state index is 0.107. The highest BCUT2D eigenvalue weighted by Gasteiger charge is 2.17. The molecule has 0 spiro atoms. The Hall–Kier alpha value is -3.04. The van der Waals surface area contributed by atoms with Gasteiger partial charge < -0.3 is 5.32 Å². The molecule has 2 heterocycles. The lowest BCUT2D eigenvalue weighted by Crippen LogP contribution is -2.22. The van der Waals surface area contributed by atoms with Crippen molar-refractivity contribution < 1.29 is 13.6 Å². The number of amides is 1. The molecular formula is C22H17F2N3O2S2. The molecule has 0 bridgehead atoms. The summed E-state index contributed by atoms with van der Waals surface area (Å²) in [4.78, 5) is 30.1. The second-order valence-electron chi connectivity index (χ2n) is 6.98. The normalized spacial score (nSPS) is 11.1. The number of nitrogens with one attached hydrogen (secondary N) is 1. The minimum Gasteiger partial charge on any atom is -0.323 e. The lowest BCUT2D eigenvalue weighted by Gasteiger charge is -2.13. The Morgan fingerprint density at radius 3 is 2.58 bits per heavy atom. The molecule has 4 aromatic rings. The largest absolute Gasteiger partial charge is 0.323 e. The van der Waals surface area contributed by atoms with Crippen molar-refractivity contribution in [3.63, 3.8) is 0 Å². The maximum Gasteiger partial charge on any atom is 0.276 e. The highest BCUT2D eigenvalue weighted by atomic mass is 32.2. The predicted molar refractivity (Wildman–Crippen MR) is 120 cm³/mol. The van der Waals surface area contributed by atoms with E-state index in [1.807, 2.05) is 32.0 Å². The summed E-state index contributed by atoms with van der Waals surface area (Å²) in [5.74, 6) is -2.19. The summed E-state index contributed by atoms with van der Waals surface area (Å²) >= 11 is 2.38. The fourth-order valence-corrected chi connectivity index (χ4v) is 4.78. The first-order valence-corrected chi connectivity index (χ1v) is 11.1. The van der Waals surface area contributed by atoms with Gasteiger partial charge in [-0.05, 0) is 60.7 Å². The van der Waals surface area contributed by atoms with Crippen LogP contribution in [0.3, 0.4) is 0 Å². The van der Waals surface area contributed by atoms with Crippen LogP contribution >= 0.6 is 23.1 Å². The standard InChI is InChI=1S/C22H17F2N3O2S2/c1-12-7-13(2)9-15(8-12)27-21(29)20-18(5-6-30-20)26-22(27)31-11-19(28)25-17-4-3-14(23)10-16(17)24/h3-10H,11H2,1-2H3,(H,25,28). The average Bonchev–Trinajstić information content (AvgIpc) is 3.17. The second-order valence-corrected chi connectivity index (χ2v) is 8.84. The molecule has 0 atom stereocenters. The third kappa shape index (κ3) is 4.52. The number of thiophene rings is 1. The van der Waals surface area contributed by atoms with E-state index in [1.54, 1.807) is 11.4 Å². The topological polar surface area (TPSA) is 64.0 Å². The molecule has 1 N–H and O–H groups in total. The van der Waals surface area contributed by atoms with Gasteiger partial charge >= 0.3 is 0 Å². The highest BCUT2D eigenvalue weighted by Crippen LogP contribution is 2.25. The maximum atomic E-state index is 13.8. The lowest BCUT2D eigenvalue weighted by atomic mass is 10.1. The predicted octanol–water partition coefficient (Wildman–Crippen LogP) is 5.07. The van der Waals surface area contributed by atoms with Gasteiger partial charge in [-0.1, -0.05) is 17.8 Å². The molecule has 0 saturated carbocycles. The molecule has 0 aliphatic carbocycles. The molecule has 0 aliphatic rings. The van der Waals surface area contributed by atoms with E-state index >= 15 is 0 Å². The van der Waals surface area contributed by atoms with Crippen LogP contribution in [0.25, 0.3) is 15.9 Å². The monoisotopic (exact) mass is 457 g/mol. The number of hydrogen-bond donors (Lipinski definition) is 1. The van der Waals surface area contributed by atoms with Crippen LogP contribution in [-0.4, -0.2) is 21.2 Å². The summed E-state index contributed by atoms with van der Waals surface area (Å²) in [5.41, 5.74) is 2.89. The van der Waals surface area contributed by atoms with Gasteiger partial charge in [0, 0.05) is 6.07 Å². The van der Waals surface area contributed by atoms with Gasteiger partial charge in [0.15, 0.2) is 5.16 Å². The molecule has 0 fully saturated rings. The van der Waals surface area contributed by atoms with Crippen molar-refractivity contribution in [2.24, 2.45) is 0 Å². The van der Waals surface area contributed by atoms with Crippen molar-refractivity contribution in [1.82, 2.24) is 9.55 Å². The van der Waals surface area contributed by atoms with Gasteiger partial charge in [-0.2, -0.15) is 0 Å². The third-order valence-corrected chi connectivity index (χ3v) is 6.28. The molecule has 0 aliphatic heterocycles. The van der Waals surface area contributed by atoms with E-state index in [9.17, 15) is 18.4 Å². The average molecular weight is 458 g/mol. The number of aryl methyl sites for hydroxylation is 2. The number of carbonyl (C=O) groups is 1. The summed E-state index contributed by atoms with van der Waals surface area (Å²) in [6.07, 6.45) is 0. The molecule has 0 unspecified atom stereocenters. The number of benzene rings is 2. The van der Waals surface area contributed by atoms with Crippen molar-refractivity contribution in [2.45, 2.75) is 19.0 Å². The van der Waals surface area contributed by atoms with E-state index in [-0.39, 0.29) is 17.0 Å². The molecule has 31 heavy (non-hydrogen) atoms. The Morgan fingerprint density at radius 1 is 1.13 bits per heavy atom. The van der Waals surface area contributed by atoms with Gasteiger partial charge in [0.1, 0.15) is 16.3 Å². The molecule has 2 aromatic heterocycles. The molecule has 9 heteroatoms. The number of halogens is 2. The van der Waals surface area contributed by atoms with E-state index in [4.69, 9.17) is 0 Å². The lowest BCUT2D eigenvalue weighted by molar-refractivity contribution is -0.113. The number of nitrogens with zero attached hydrogens (tertiary/aromatic N) is 2. The summed E-state index contributed by atoms with van der Waals surface area (Å²) in [6.45, 7) is 3.88. The molecule has 0 radical (unpaired) electrons. The Labute approximate surface area is 184 Å². The van der Waals surface area contributed by atoms with Gasteiger partial charge in [-0.15, -0.1) is 11.3 Å². The Bertz CT molecular complexity index is 1340. The first-order valence-electron chi connectivity index (χ1n) is 9.28. The fraction of sp³-hybridized carbons (Fsp3) is 0.136. The molecular weight excluding hydrogens is 440 g/mol. The van der Waals surface area contributed by atoms with Crippen molar-refractivity contribution in [1.29, 1.82) is 0 Å². The minimum atomic E-state index is -0.858. The number of hydrogen-bond acceptors (Lipinski definition) is 5. The zero-order valence-corrected chi connectivity index (χ0v) is 18.2. The zero-order valence-electron chi connectivity index (χ0n) is 16.6. The number of thioether (sulfide) groups is 1. The summed E-state index contributed by atoms with van der Waals surface area (Å²) in [7, 11) is 0. The van der Waals surface area contributed by atoms with Gasteiger partial charge in [-0.3, -0.25) is 14.2 Å². The molecule has 5 nitrogen and oxygen atoms in total. The third-order valence-electron chi connectivity index (χ3n) is 4.45. The van der Waals surface area contributed by atoms with Crippen LogP contribution in [0.4, 0.5) is 14.5 Å². The van der Waals surface area contributed by atoms with Crippen molar-refractivity contribution >= 4 is 44.9 Å². The molecule has 2 aromatic carbocycles. The van der Waals surface area contributed by atoms with Crippen LogP contribution in [0, 0.1) is 25.5 Å². The van der Waals surface area contributed by atoms with Crippen LogP contribution in [0.15, 0.2) is 57.8 Å². The number of carbonyl (C=O) groups excluding carboxylic acids is 1. The van der Waals surface area contributed by atoms with Gasteiger partial charge in [-0.25, -0.2) is 13.8 Å². The number of fused-ring (bicyclic) bond motifs is 1. The van der Waals surface area contributed by atoms with Gasteiger partial charge in [0.05, 0.1) is 22.6 Å². The molecule has 0 saturated heterocycles. The SMILES string of the molecule is Cc1cc(C)cc(-n2c(SCC(=O)Nc3ccc(F)cc3F)nc3ccsc3c2=O)c1. The first-order chi connectivity index (χ1) is 14.8. The Morgan fingerprint density at radius 2 is 1.87 bits per heavy atom. The summed E-state index contributed by atoms with van der Waals surface area (Å²) in [6, 6.07) is 10.5. The molecule has 1 amide bonds. The Kier molecular flexibility index (Phi) is 5.88. The van der Waals surface area contributed by atoms with Gasteiger partial charge in [0.25, 0.3) is 5.56 Å². The van der Waals surface area contributed by atoms with E-state index < -0.39 is 17.5 Å². The highest BCUT2D eigenvalue weighted by molar-refractivity contribution is 7.99. The van der Waals surface area contributed by atoms with Crippen molar-refractivity contribution in [3.05, 3.63) is 81.0 Å². The molecule has 158 valence electrons. The first kappa shape index (κ1) is 21.2. The van der Waals surface area contributed by atoms with Crippen LogP contribution in [0.1, 0.15) is 11.1 Å². The smallest absolute Gasteiger partial charge is 0.276 e. The van der Waals surface area contributed by atoms with E-state index in [0.717, 1.165) is 35.0 Å². The van der Waals surface area contributed by atoms with Crippen LogP contribution in [-0.2, 0) is 4.79 Å². The second kappa shape index (κ2) is 8.60. The van der Waals surface area contributed by atoms with Gasteiger partial charge in [0.2, 0.25) is 5.91 Å². The molecule has 4 rings (SSSR count). The van der Waals surface area contributed by atoms with Crippen molar-refractivity contribution in [2.75, 3.05) is 11.1 Å². The van der Waals surface area contributed by atoms with Crippen molar-refractivity contribution in [3.8, 4) is 5.69 Å². The van der Waals surface area contributed by atoms with E-state index in [0.29, 0.717) is 27.1 Å². The van der Waals surface area contributed by atoms with Crippen LogP contribution in [0.2, 0.25) is 0 Å². The number of rotatable bonds is 5. The Balaban J connectivity index is 1.66. The number of anilines is 1. The number of aromatic nitrogens is 2. The van der Waals surface area contributed by atoms with E-state index in [2.05, 4.69) is 10.3 Å². The van der Waals surface area contributed by atoms with E-state index in [1.165, 1.54) is 15.9 Å². The summed E-state index contributed by atoms with van der Waals surface area (Å²) in [5, 5.41) is 4.57. The quantitative estimate of drug-likeness (QED) is 0.336. The van der Waals surface area contributed by atoms with Crippen LogP contribution in [0.5, 0.6) is 0 Å².